The molecule has 1 aromatic carbocycles. The number of ketones is 1. The molecular weight excluding hydrogens is 188 g/mol. The molecule has 0 unspecified atom stereocenters. The first-order chi connectivity index (χ1) is 7.04. The van der Waals surface area contributed by atoms with Crippen LogP contribution in [0.4, 0.5) is 0 Å². The summed E-state index contributed by atoms with van der Waals surface area (Å²) in [5.74, 6) is -0.181. The van der Waals surface area contributed by atoms with Gasteiger partial charge in [-0.25, -0.2) is 0 Å². The molecule has 0 radical (unpaired) electrons. The van der Waals surface area contributed by atoms with Crippen molar-refractivity contribution < 1.29 is 9.90 Å². The molecule has 0 bridgehead atoms. The zero-order valence-electron chi connectivity index (χ0n) is 8.95. The van der Waals surface area contributed by atoms with Crippen LogP contribution in [0.5, 0.6) is 5.75 Å². The molecule has 0 aromatic heterocycles. The van der Waals surface area contributed by atoms with Crippen molar-refractivity contribution in [2.75, 3.05) is 0 Å². The SMILES string of the molecule is C=Cc1ccc(O)c(C(=O)C=C(C)C)c1. The van der Waals surface area contributed by atoms with Crippen LogP contribution >= 0.6 is 0 Å². The van der Waals surface area contributed by atoms with Gasteiger partial charge >= 0.3 is 0 Å². The summed E-state index contributed by atoms with van der Waals surface area (Å²) in [4.78, 5) is 11.7. The Balaban J connectivity index is 3.18. The predicted molar refractivity (Wildman–Crippen MR) is 62.0 cm³/mol. The third-order valence-electron chi connectivity index (χ3n) is 1.94. The standard InChI is InChI=1S/C13H14O2/c1-4-10-5-6-12(14)11(8-10)13(15)7-9(2)3/h4-8,14H,1H2,2-3H3. The van der Waals surface area contributed by atoms with E-state index < -0.39 is 0 Å². The van der Waals surface area contributed by atoms with E-state index in [0.29, 0.717) is 5.56 Å². The first-order valence-electron chi connectivity index (χ1n) is 4.69. The van der Waals surface area contributed by atoms with E-state index in [1.165, 1.54) is 12.1 Å². The van der Waals surface area contributed by atoms with Crippen molar-refractivity contribution in [1.82, 2.24) is 0 Å². The van der Waals surface area contributed by atoms with Crippen molar-refractivity contribution in [1.29, 1.82) is 0 Å². The van der Waals surface area contributed by atoms with E-state index in [0.717, 1.165) is 11.1 Å². The van der Waals surface area contributed by atoms with E-state index in [-0.39, 0.29) is 11.5 Å². The van der Waals surface area contributed by atoms with Crippen LogP contribution in [0.1, 0.15) is 29.8 Å². The van der Waals surface area contributed by atoms with Crippen molar-refractivity contribution in [3.8, 4) is 5.75 Å². The van der Waals surface area contributed by atoms with Gasteiger partial charge in [0.1, 0.15) is 5.75 Å². The van der Waals surface area contributed by atoms with E-state index in [4.69, 9.17) is 0 Å². The summed E-state index contributed by atoms with van der Waals surface area (Å²) in [6, 6.07) is 4.84. The Morgan fingerprint density at radius 1 is 1.40 bits per heavy atom. The summed E-state index contributed by atoms with van der Waals surface area (Å²) in [5.41, 5.74) is 2.04. The Morgan fingerprint density at radius 2 is 2.07 bits per heavy atom. The predicted octanol–water partition coefficient (Wildman–Crippen LogP) is 3.18. The van der Waals surface area contributed by atoms with E-state index in [1.807, 2.05) is 13.8 Å². The highest BCUT2D eigenvalue weighted by molar-refractivity contribution is 6.07. The second-order valence-electron chi connectivity index (χ2n) is 3.57. The lowest BCUT2D eigenvalue weighted by Crippen LogP contribution is -1.96. The first-order valence-corrected chi connectivity index (χ1v) is 4.69. The molecule has 0 amide bonds. The maximum atomic E-state index is 11.7. The molecule has 0 aliphatic heterocycles. The van der Waals surface area contributed by atoms with Gasteiger partial charge in [-0.15, -0.1) is 0 Å². The first kappa shape index (κ1) is 11.2. The molecular formula is C13H14O2. The Kier molecular flexibility index (Phi) is 3.45. The molecule has 0 saturated carbocycles. The summed E-state index contributed by atoms with van der Waals surface area (Å²) in [5, 5.41) is 9.53. The van der Waals surface area contributed by atoms with Crippen molar-refractivity contribution in [3.63, 3.8) is 0 Å². The number of allylic oxidation sites excluding steroid dienone is 2. The van der Waals surface area contributed by atoms with Gasteiger partial charge in [-0.3, -0.25) is 4.79 Å². The second-order valence-corrected chi connectivity index (χ2v) is 3.57. The maximum Gasteiger partial charge on any atom is 0.189 e. The fraction of sp³-hybridized carbons (Fsp3) is 0.154. The summed E-state index contributed by atoms with van der Waals surface area (Å²) in [7, 11) is 0. The van der Waals surface area contributed by atoms with Gasteiger partial charge in [0.25, 0.3) is 0 Å². The van der Waals surface area contributed by atoms with Crippen LogP contribution in [0.2, 0.25) is 0 Å². The van der Waals surface area contributed by atoms with Gasteiger partial charge in [0.15, 0.2) is 5.78 Å². The topological polar surface area (TPSA) is 37.3 Å². The van der Waals surface area contributed by atoms with Crippen LogP contribution < -0.4 is 0 Å². The largest absolute Gasteiger partial charge is 0.507 e. The molecule has 1 rings (SSSR count). The number of rotatable bonds is 3. The lowest BCUT2D eigenvalue weighted by Gasteiger charge is -2.02. The van der Waals surface area contributed by atoms with E-state index >= 15 is 0 Å². The smallest absolute Gasteiger partial charge is 0.189 e. The molecule has 2 heteroatoms. The van der Waals surface area contributed by atoms with E-state index in [1.54, 1.807) is 18.2 Å². The van der Waals surface area contributed by atoms with Crippen LogP contribution in [-0.2, 0) is 0 Å². The molecule has 78 valence electrons. The van der Waals surface area contributed by atoms with Gasteiger partial charge < -0.3 is 5.11 Å². The van der Waals surface area contributed by atoms with Crippen molar-refractivity contribution >= 4 is 11.9 Å². The molecule has 0 spiro atoms. The third kappa shape index (κ3) is 2.81. The minimum absolute atomic E-state index is 0.00287. The molecule has 1 aromatic rings. The number of hydrogen-bond acceptors (Lipinski definition) is 2. The minimum atomic E-state index is -0.184. The Labute approximate surface area is 89.6 Å². The number of hydrogen-bond donors (Lipinski definition) is 1. The zero-order valence-corrected chi connectivity index (χ0v) is 8.95. The number of aromatic hydroxyl groups is 1. The molecule has 2 nitrogen and oxygen atoms in total. The Bertz CT molecular complexity index is 424. The van der Waals surface area contributed by atoms with Crippen molar-refractivity contribution in [2.24, 2.45) is 0 Å². The number of carbonyl (C=O) groups excluding carboxylic acids is 1. The molecule has 0 aliphatic carbocycles. The molecule has 0 saturated heterocycles. The van der Waals surface area contributed by atoms with Crippen molar-refractivity contribution in [2.45, 2.75) is 13.8 Å². The summed E-state index contributed by atoms with van der Waals surface area (Å²) >= 11 is 0. The van der Waals surface area contributed by atoms with Crippen LogP contribution in [0.25, 0.3) is 6.08 Å². The molecule has 0 heterocycles. The number of carbonyl (C=O) groups is 1. The summed E-state index contributed by atoms with van der Waals surface area (Å²) < 4.78 is 0. The average Bonchev–Trinajstić information content (AvgIpc) is 2.17. The lowest BCUT2D eigenvalue weighted by molar-refractivity contribution is 0.104. The third-order valence-corrected chi connectivity index (χ3v) is 1.94. The molecule has 0 atom stereocenters. The lowest BCUT2D eigenvalue weighted by atomic mass is 10.0. The molecule has 1 N–H and O–H groups in total. The molecule has 0 aliphatic rings. The Hall–Kier alpha value is -1.83. The second kappa shape index (κ2) is 4.60. The zero-order chi connectivity index (χ0) is 11.4. The monoisotopic (exact) mass is 202 g/mol. The van der Waals surface area contributed by atoms with E-state index in [2.05, 4.69) is 6.58 Å². The van der Waals surface area contributed by atoms with Gasteiger partial charge in [0.05, 0.1) is 5.56 Å². The number of phenols is 1. The average molecular weight is 202 g/mol. The van der Waals surface area contributed by atoms with Gasteiger partial charge in [0.2, 0.25) is 0 Å². The number of benzene rings is 1. The molecule has 15 heavy (non-hydrogen) atoms. The van der Waals surface area contributed by atoms with Crippen molar-refractivity contribution in [3.05, 3.63) is 47.6 Å². The maximum absolute atomic E-state index is 11.7. The van der Waals surface area contributed by atoms with Crippen LogP contribution in [0, 0.1) is 0 Å². The normalized spacial score (nSPS) is 9.47. The quantitative estimate of drug-likeness (QED) is 0.603. The highest BCUT2D eigenvalue weighted by Crippen LogP contribution is 2.20. The minimum Gasteiger partial charge on any atom is -0.507 e. The van der Waals surface area contributed by atoms with Crippen LogP contribution in [0.15, 0.2) is 36.4 Å². The highest BCUT2D eigenvalue weighted by Gasteiger charge is 2.08. The summed E-state index contributed by atoms with van der Waals surface area (Å²) in [6.45, 7) is 7.29. The Morgan fingerprint density at radius 3 is 2.60 bits per heavy atom. The fourth-order valence-electron chi connectivity index (χ4n) is 1.22. The fourth-order valence-corrected chi connectivity index (χ4v) is 1.22. The van der Waals surface area contributed by atoms with E-state index in [9.17, 15) is 9.90 Å². The van der Waals surface area contributed by atoms with Gasteiger partial charge in [-0.05, 0) is 37.6 Å². The van der Waals surface area contributed by atoms with Crippen LogP contribution in [-0.4, -0.2) is 10.9 Å². The number of phenolic OH excluding ortho intramolecular Hbond substituents is 1. The van der Waals surface area contributed by atoms with Crippen LogP contribution in [0.3, 0.4) is 0 Å². The van der Waals surface area contributed by atoms with Gasteiger partial charge in [-0.2, -0.15) is 0 Å². The van der Waals surface area contributed by atoms with Gasteiger partial charge in [0, 0.05) is 0 Å². The highest BCUT2D eigenvalue weighted by atomic mass is 16.3. The summed E-state index contributed by atoms with van der Waals surface area (Å²) in [6.07, 6.45) is 3.14. The van der Waals surface area contributed by atoms with Gasteiger partial charge in [-0.1, -0.05) is 24.3 Å². The molecule has 0 fully saturated rings.